The molecule has 0 atom stereocenters. The van der Waals surface area contributed by atoms with E-state index < -0.39 is 10.0 Å². The van der Waals surface area contributed by atoms with Crippen LogP contribution >= 0.6 is 0 Å². The molecule has 0 amide bonds. The van der Waals surface area contributed by atoms with Gasteiger partial charge in [0.1, 0.15) is 11.6 Å². The summed E-state index contributed by atoms with van der Waals surface area (Å²) in [7, 11) is 0.616. The Bertz CT molecular complexity index is 1850. The van der Waals surface area contributed by atoms with Gasteiger partial charge in [-0.05, 0) is 69.0 Å². The lowest BCUT2D eigenvalue weighted by Gasteiger charge is -2.39. The van der Waals surface area contributed by atoms with Crippen LogP contribution in [0.2, 0.25) is 0 Å². The van der Waals surface area contributed by atoms with Gasteiger partial charge in [-0.15, -0.1) is 0 Å². The minimum Gasteiger partial charge on any atom is -0.396 e. The van der Waals surface area contributed by atoms with Gasteiger partial charge in [-0.25, -0.2) is 23.4 Å². The topological polar surface area (TPSA) is 129 Å². The fraction of sp³-hybridized carbons (Fsp3) is 0.394. The van der Waals surface area contributed by atoms with Crippen LogP contribution in [-0.4, -0.2) is 81.6 Å². The minimum absolute atomic E-state index is 0.0908. The largest absolute Gasteiger partial charge is 0.396 e. The van der Waals surface area contributed by atoms with E-state index in [1.54, 1.807) is 18.5 Å². The average Bonchev–Trinajstić information content (AvgIpc) is 3.78. The van der Waals surface area contributed by atoms with Gasteiger partial charge in [0.2, 0.25) is 0 Å². The molecule has 2 aliphatic rings. The number of piperidine rings is 1. The molecule has 0 unspecified atom stereocenters. The number of hydrogen-bond donors (Lipinski definition) is 2. The summed E-state index contributed by atoms with van der Waals surface area (Å²) in [6.45, 7) is 4.72. The molecular formula is C33H38N8O3S. The number of nitrogens with one attached hydrogen (secondary N) is 1. The summed E-state index contributed by atoms with van der Waals surface area (Å²) in [5, 5.41) is 16.9. The van der Waals surface area contributed by atoms with Gasteiger partial charge in [-0.3, -0.25) is 0 Å². The summed E-state index contributed by atoms with van der Waals surface area (Å²) in [4.78, 5) is 18.0. The molecule has 2 N–H and O–H groups in total. The smallest absolute Gasteiger partial charge is 0.256 e. The van der Waals surface area contributed by atoms with Gasteiger partial charge in [-0.1, -0.05) is 30.9 Å². The Kier molecular flexibility index (Phi) is 8.59. The summed E-state index contributed by atoms with van der Waals surface area (Å²) < 4.78 is 26.2. The number of aliphatic hydroxyl groups is 1. The monoisotopic (exact) mass is 626 g/mol. The maximum absolute atomic E-state index is 12.6. The second-order valence-corrected chi connectivity index (χ2v) is 14.5. The number of hydrogen-bond acceptors (Lipinski definition) is 10. The Morgan fingerprint density at radius 1 is 1.07 bits per heavy atom. The Morgan fingerprint density at radius 3 is 2.60 bits per heavy atom. The van der Waals surface area contributed by atoms with Gasteiger partial charge in [0.25, 0.3) is 10.0 Å². The zero-order valence-electron chi connectivity index (χ0n) is 25.8. The van der Waals surface area contributed by atoms with Crippen molar-refractivity contribution in [1.82, 2.24) is 29.0 Å². The van der Waals surface area contributed by atoms with E-state index in [0.717, 1.165) is 53.4 Å². The lowest BCUT2D eigenvalue weighted by molar-refractivity contribution is 0.115. The number of anilines is 3. The maximum atomic E-state index is 12.6. The molecule has 2 fully saturated rings. The summed E-state index contributed by atoms with van der Waals surface area (Å²) in [5.41, 5.74) is 4.34. The number of pyridine rings is 1. The highest BCUT2D eigenvalue weighted by Gasteiger charge is 2.37. The Labute approximate surface area is 264 Å². The van der Waals surface area contributed by atoms with E-state index in [1.807, 2.05) is 32.3 Å². The van der Waals surface area contributed by atoms with Crippen LogP contribution in [0.4, 0.5) is 17.3 Å². The zero-order chi connectivity index (χ0) is 31.6. The first-order valence-corrected chi connectivity index (χ1v) is 16.6. The standard InChI is InChI=1S/C33H38N8O3S/c1-33(23-42)12-15-40(16-13-33)29-18-31(35-19-26(29)8-7-24-5-4-6-25(17-24)21-39(2)3)37-30-11-14-34-32(38-30)27-20-36-41(22-27)45(43,44)28-9-10-28/h4-6,11,14,17-20,22,28,42H,9-10,12-13,15-16,21,23H2,1-3H3,(H,34,35,37,38). The summed E-state index contributed by atoms with van der Waals surface area (Å²) >= 11 is 0. The number of nitrogens with zero attached hydrogens (tertiary/aromatic N) is 7. The molecule has 1 aliphatic heterocycles. The zero-order valence-corrected chi connectivity index (χ0v) is 26.6. The maximum Gasteiger partial charge on any atom is 0.256 e. The molecule has 1 aromatic carbocycles. The Hall–Kier alpha value is -4.31. The van der Waals surface area contributed by atoms with Gasteiger partial charge in [0, 0.05) is 50.3 Å². The van der Waals surface area contributed by atoms with Gasteiger partial charge in [-0.2, -0.15) is 9.19 Å². The average molecular weight is 627 g/mol. The van der Waals surface area contributed by atoms with Crippen LogP contribution in [0.5, 0.6) is 0 Å². The molecule has 0 radical (unpaired) electrons. The summed E-state index contributed by atoms with van der Waals surface area (Å²) in [6, 6.07) is 12.0. The van der Waals surface area contributed by atoms with Crippen LogP contribution in [0.1, 0.15) is 49.3 Å². The van der Waals surface area contributed by atoms with Gasteiger partial charge < -0.3 is 20.2 Å². The van der Waals surface area contributed by atoms with Crippen molar-refractivity contribution in [1.29, 1.82) is 0 Å². The second-order valence-electron chi connectivity index (χ2n) is 12.5. The fourth-order valence-corrected chi connectivity index (χ4v) is 6.82. The van der Waals surface area contributed by atoms with Gasteiger partial charge >= 0.3 is 0 Å². The molecule has 12 heteroatoms. The summed E-state index contributed by atoms with van der Waals surface area (Å²) in [6.07, 6.45) is 9.38. The van der Waals surface area contributed by atoms with E-state index >= 15 is 0 Å². The SMILES string of the molecule is CN(C)Cc1cccc(C#Cc2cnc(Nc3ccnc(-c4cnn(S(=O)(=O)C5CC5)c4)n3)cc2N2CCC(C)(CO)CC2)c1. The Balaban J connectivity index is 1.27. The number of aliphatic hydroxyl groups excluding tert-OH is 1. The molecule has 1 aliphatic carbocycles. The highest BCUT2D eigenvalue weighted by molar-refractivity contribution is 7.90. The number of rotatable bonds is 9. The fourth-order valence-electron chi connectivity index (χ4n) is 5.35. The van der Waals surface area contributed by atoms with Crippen molar-refractivity contribution in [2.75, 3.05) is 44.0 Å². The molecule has 45 heavy (non-hydrogen) atoms. The lowest BCUT2D eigenvalue weighted by Crippen LogP contribution is -2.40. The molecule has 6 rings (SSSR count). The van der Waals surface area contributed by atoms with E-state index in [4.69, 9.17) is 0 Å². The Morgan fingerprint density at radius 2 is 1.87 bits per heavy atom. The van der Waals surface area contributed by atoms with E-state index in [9.17, 15) is 13.5 Å². The van der Waals surface area contributed by atoms with Crippen LogP contribution in [0.25, 0.3) is 11.4 Å². The highest BCUT2D eigenvalue weighted by atomic mass is 32.2. The first-order valence-electron chi connectivity index (χ1n) is 15.1. The van der Waals surface area contributed by atoms with Crippen molar-refractivity contribution in [2.45, 2.75) is 44.4 Å². The third kappa shape index (κ3) is 7.17. The molecule has 4 aromatic rings. The van der Waals surface area contributed by atoms with Crippen LogP contribution in [0.3, 0.4) is 0 Å². The van der Waals surface area contributed by atoms with Crippen LogP contribution < -0.4 is 10.2 Å². The third-order valence-corrected chi connectivity index (χ3v) is 10.3. The van der Waals surface area contributed by atoms with Crippen molar-refractivity contribution < 1.29 is 13.5 Å². The van der Waals surface area contributed by atoms with E-state index in [0.29, 0.717) is 35.9 Å². The number of benzene rings is 1. The van der Waals surface area contributed by atoms with Crippen molar-refractivity contribution in [3.8, 4) is 23.2 Å². The normalized spacial score (nSPS) is 16.3. The minimum atomic E-state index is -3.48. The van der Waals surface area contributed by atoms with Crippen molar-refractivity contribution in [3.05, 3.63) is 77.9 Å². The van der Waals surface area contributed by atoms with Crippen LogP contribution in [-0.2, 0) is 16.6 Å². The van der Waals surface area contributed by atoms with Crippen molar-refractivity contribution in [2.24, 2.45) is 5.41 Å². The molecule has 234 valence electrons. The molecule has 11 nitrogen and oxygen atoms in total. The molecule has 4 heterocycles. The van der Waals surface area contributed by atoms with Crippen LogP contribution in [0.15, 0.2) is 61.2 Å². The van der Waals surface area contributed by atoms with E-state index in [1.165, 1.54) is 18.0 Å². The lowest BCUT2D eigenvalue weighted by atomic mass is 9.81. The van der Waals surface area contributed by atoms with Crippen LogP contribution in [0, 0.1) is 17.3 Å². The predicted octanol–water partition coefficient (Wildman–Crippen LogP) is 3.88. The molecule has 1 saturated heterocycles. The molecule has 1 saturated carbocycles. The van der Waals surface area contributed by atoms with E-state index in [2.05, 4.69) is 66.1 Å². The quantitative estimate of drug-likeness (QED) is 0.264. The molecule has 0 spiro atoms. The van der Waals surface area contributed by atoms with Crippen molar-refractivity contribution in [3.63, 3.8) is 0 Å². The number of aromatic nitrogens is 5. The van der Waals surface area contributed by atoms with E-state index in [-0.39, 0.29) is 17.3 Å². The first-order chi connectivity index (χ1) is 21.6. The summed E-state index contributed by atoms with van der Waals surface area (Å²) in [5.74, 6) is 8.16. The second kappa shape index (κ2) is 12.6. The first kappa shape index (κ1) is 30.7. The van der Waals surface area contributed by atoms with Gasteiger partial charge in [0.15, 0.2) is 5.82 Å². The molecular weight excluding hydrogens is 588 g/mol. The third-order valence-electron chi connectivity index (χ3n) is 8.28. The predicted molar refractivity (Wildman–Crippen MR) is 175 cm³/mol. The van der Waals surface area contributed by atoms with Gasteiger partial charge in [0.05, 0.1) is 34.5 Å². The van der Waals surface area contributed by atoms with Crippen molar-refractivity contribution >= 4 is 27.3 Å². The molecule has 3 aromatic heterocycles. The molecule has 0 bridgehead atoms. The highest BCUT2D eigenvalue weighted by Crippen LogP contribution is 2.35.